The first-order chi connectivity index (χ1) is 12.5. The fraction of sp³-hybridized carbons (Fsp3) is 0.389. The molecule has 0 atom stereocenters. The van der Waals surface area contributed by atoms with Crippen LogP contribution in [0, 0.1) is 6.92 Å². The molecule has 0 spiro atoms. The van der Waals surface area contributed by atoms with E-state index in [0.29, 0.717) is 10.3 Å². The normalized spacial score (nSPS) is 15.1. The first-order valence-electron chi connectivity index (χ1n) is 8.47. The lowest BCUT2D eigenvalue weighted by Gasteiger charge is -2.33. The van der Waals surface area contributed by atoms with Crippen molar-refractivity contribution in [1.82, 2.24) is 14.9 Å². The highest BCUT2D eigenvalue weighted by Gasteiger charge is 2.17. The summed E-state index contributed by atoms with van der Waals surface area (Å²) in [6, 6.07) is 9.48. The molecule has 0 saturated carbocycles. The number of hydrogen-bond acceptors (Lipinski definition) is 6. The fourth-order valence-corrected chi connectivity index (χ4v) is 3.49. The largest absolute Gasteiger partial charge is 0.354 e. The van der Waals surface area contributed by atoms with Gasteiger partial charge in [0.1, 0.15) is 11.0 Å². The van der Waals surface area contributed by atoms with E-state index in [1.54, 1.807) is 6.07 Å². The Kier molecular flexibility index (Phi) is 6.34. The molecule has 0 aliphatic carbocycles. The highest BCUT2D eigenvalue weighted by Crippen LogP contribution is 2.23. The molecular formula is C18H22ClN5OS. The second-order valence-electron chi connectivity index (χ2n) is 6.32. The molecule has 6 nitrogen and oxygen atoms in total. The van der Waals surface area contributed by atoms with Crippen LogP contribution in [-0.4, -0.2) is 59.8 Å². The summed E-state index contributed by atoms with van der Waals surface area (Å²) in [7, 11) is 2.11. The van der Waals surface area contributed by atoms with Gasteiger partial charge in [0.2, 0.25) is 5.91 Å². The van der Waals surface area contributed by atoms with Gasteiger partial charge in [-0.2, -0.15) is 0 Å². The molecule has 1 aliphatic rings. The number of thioether (sulfide) groups is 1. The van der Waals surface area contributed by atoms with E-state index in [2.05, 4.69) is 32.1 Å². The second kappa shape index (κ2) is 8.70. The van der Waals surface area contributed by atoms with E-state index < -0.39 is 0 Å². The van der Waals surface area contributed by atoms with Crippen molar-refractivity contribution in [2.24, 2.45) is 0 Å². The molecule has 1 amide bonds. The van der Waals surface area contributed by atoms with Gasteiger partial charge in [-0.05, 0) is 26.1 Å². The van der Waals surface area contributed by atoms with Crippen LogP contribution in [0.1, 0.15) is 5.56 Å². The van der Waals surface area contributed by atoms with E-state index in [0.717, 1.165) is 43.2 Å². The molecule has 2 aromatic rings. The third kappa shape index (κ3) is 5.33. The summed E-state index contributed by atoms with van der Waals surface area (Å²) in [6.45, 7) is 5.80. The second-order valence-corrected chi connectivity index (χ2v) is 7.65. The number of carbonyl (C=O) groups is 1. The smallest absolute Gasteiger partial charge is 0.234 e. The van der Waals surface area contributed by atoms with Crippen molar-refractivity contribution in [2.75, 3.05) is 49.2 Å². The Morgan fingerprint density at radius 3 is 2.58 bits per heavy atom. The van der Waals surface area contributed by atoms with Gasteiger partial charge in [0.25, 0.3) is 0 Å². The predicted molar refractivity (Wildman–Crippen MR) is 107 cm³/mol. The van der Waals surface area contributed by atoms with Crippen molar-refractivity contribution >= 4 is 40.8 Å². The molecule has 1 fully saturated rings. The Bertz CT molecular complexity index is 763. The van der Waals surface area contributed by atoms with Gasteiger partial charge in [-0.3, -0.25) is 4.79 Å². The number of likely N-dealkylation sites (N-methyl/N-ethyl adjacent to an activating group) is 1. The minimum atomic E-state index is -0.0939. The first kappa shape index (κ1) is 18.9. The van der Waals surface area contributed by atoms with Crippen LogP contribution in [0.25, 0.3) is 0 Å². The lowest BCUT2D eigenvalue weighted by Crippen LogP contribution is -2.44. The fourth-order valence-electron chi connectivity index (χ4n) is 2.61. The highest BCUT2D eigenvalue weighted by molar-refractivity contribution is 7.99. The Labute approximate surface area is 162 Å². The van der Waals surface area contributed by atoms with Crippen molar-refractivity contribution in [3.63, 3.8) is 0 Å². The number of nitrogens with one attached hydrogen (secondary N) is 1. The van der Waals surface area contributed by atoms with Crippen molar-refractivity contribution < 1.29 is 4.79 Å². The van der Waals surface area contributed by atoms with Gasteiger partial charge in [-0.15, -0.1) is 0 Å². The van der Waals surface area contributed by atoms with E-state index in [4.69, 9.17) is 11.6 Å². The maximum Gasteiger partial charge on any atom is 0.234 e. The van der Waals surface area contributed by atoms with Crippen molar-refractivity contribution in [2.45, 2.75) is 12.1 Å². The summed E-state index contributed by atoms with van der Waals surface area (Å²) in [5.41, 5.74) is 1.94. The zero-order chi connectivity index (χ0) is 18.5. The minimum Gasteiger partial charge on any atom is -0.354 e. The molecule has 0 unspecified atom stereocenters. The predicted octanol–water partition coefficient (Wildman–Crippen LogP) is 2.92. The molecule has 26 heavy (non-hydrogen) atoms. The average molecular weight is 392 g/mol. The molecule has 138 valence electrons. The number of piperazine rings is 1. The zero-order valence-corrected chi connectivity index (χ0v) is 16.5. The number of halogens is 1. The van der Waals surface area contributed by atoms with Crippen LogP contribution in [0.2, 0.25) is 5.15 Å². The van der Waals surface area contributed by atoms with Crippen molar-refractivity contribution in [1.29, 1.82) is 0 Å². The summed E-state index contributed by atoms with van der Waals surface area (Å²) in [6.07, 6.45) is 0. The van der Waals surface area contributed by atoms with E-state index in [-0.39, 0.29) is 11.7 Å². The van der Waals surface area contributed by atoms with Gasteiger partial charge >= 0.3 is 0 Å². The lowest BCUT2D eigenvalue weighted by atomic mass is 10.2. The van der Waals surface area contributed by atoms with Crippen LogP contribution < -0.4 is 10.2 Å². The van der Waals surface area contributed by atoms with E-state index in [9.17, 15) is 4.79 Å². The zero-order valence-electron chi connectivity index (χ0n) is 14.9. The summed E-state index contributed by atoms with van der Waals surface area (Å²) in [5.74, 6) is 0.958. The Morgan fingerprint density at radius 1 is 1.19 bits per heavy atom. The average Bonchev–Trinajstić information content (AvgIpc) is 2.62. The summed E-state index contributed by atoms with van der Waals surface area (Å²) >= 11 is 7.44. The molecule has 0 bridgehead atoms. The summed E-state index contributed by atoms with van der Waals surface area (Å²) in [4.78, 5) is 25.4. The molecule has 2 heterocycles. The number of benzene rings is 1. The Balaban J connectivity index is 1.59. The molecule has 0 radical (unpaired) electrons. The lowest BCUT2D eigenvalue weighted by molar-refractivity contribution is -0.113. The molecule has 1 N–H and O–H groups in total. The SMILES string of the molecule is Cc1ccc(NC(=O)CSc2nc(Cl)cc(N3CCN(C)CC3)n2)cc1. The van der Waals surface area contributed by atoms with Crippen molar-refractivity contribution in [3.8, 4) is 0 Å². The Hall–Kier alpha value is -1.83. The number of anilines is 2. The van der Waals surface area contributed by atoms with Crippen LogP contribution in [0.3, 0.4) is 0 Å². The molecule has 1 saturated heterocycles. The van der Waals surface area contributed by atoms with Crippen LogP contribution >= 0.6 is 23.4 Å². The van der Waals surface area contributed by atoms with Gasteiger partial charge < -0.3 is 15.1 Å². The maximum absolute atomic E-state index is 12.1. The number of aryl methyl sites for hydroxylation is 1. The number of rotatable bonds is 5. The number of hydrogen-bond donors (Lipinski definition) is 1. The van der Waals surface area contributed by atoms with Crippen LogP contribution in [0.15, 0.2) is 35.5 Å². The third-order valence-corrected chi connectivity index (χ3v) is 5.20. The molecule has 1 aromatic carbocycles. The van der Waals surface area contributed by atoms with E-state index in [1.807, 2.05) is 31.2 Å². The maximum atomic E-state index is 12.1. The van der Waals surface area contributed by atoms with Crippen molar-refractivity contribution in [3.05, 3.63) is 41.0 Å². The van der Waals surface area contributed by atoms with E-state index in [1.165, 1.54) is 11.8 Å². The summed E-state index contributed by atoms with van der Waals surface area (Å²) < 4.78 is 0. The number of carbonyl (C=O) groups excluding carboxylic acids is 1. The van der Waals surface area contributed by atoms with Gasteiger partial charge in [0.05, 0.1) is 5.75 Å². The molecule has 1 aliphatic heterocycles. The molecule has 8 heteroatoms. The monoisotopic (exact) mass is 391 g/mol. The topological polar surface area (TPSA) is 61.4 Å². The number of aromatic nitrogens is 2. The van der Waals surface area contributed by atoms with Gasteiger partial charge in [-0.1, -0.05) is 41.1 Å². The standard InChI is InChI=1S/C18H22ClN5OS/c1-13-3-5-14(6-4-13)20-17(25)12-26-18-21-15(19)11-16(22-18)24-9-7-23(2)8-10-24/h3-6,11H,7-10,12H2,1-2H3,(H,20,25). The first-order valence-corrected chi connectivity index (χ1v) is 9.83. The van der Waals surface area contributed by atoms with Gasteiger partial charge in [-0.25, -0.2) is 9.97 Å². The third-order valence-electron chi connectivity index (χ3n) is 4.16. The molecule has 3 rings (SSSR count). The minimum absolute atomic E-state index is 0.0939. The van der Waals surface area contributed by atoms with Crippen LogP contribution in [0.4, 0.5) is 11.5 Å². The molecular weight excluding hydrogens is 370 g/mol. The quantitative estimate of drug-likeness (QED) is 0.480. The van der Waals surface area contributed by atoms with Gasteiger partial charge in [0.15, 0.2) is 5.16 Å². The van der Waals surface area contributed by atoms with Crippen LogP contribution in [-0.2, 0) is 4.79 Å². The Morgan fingerprint density at radius 2 is 1.88 bits per heavy atom. The number of nitrogens with zero attached hydrogens (tertiary/aromatic N) is 4. The van der Waals surface area contributed by atoms with Gasteiger partial charge in [0, 0.05) is 37.9 Å². The van der Waals surface area contributed by atoms with Crippen LogP contribution in [0.5, 0.6) is 0 Å². The number of amides is 1. The molecule has 1 aromatic heterocycles. The van der Waals surface area contributed by atoms with E-state index >= 15 is 0 Å². The summed E-state index contributed by atoms with van der Waals surface area (Å²) in [5, 5.41) is 3.79. The highest BCUT2D eigenvalue weighted by atomic mass is 35.5.